The fourth-order valence-electron chi connectivity index (χ4n) is 1.36. The quantitative estimate of drug-likeness (QED) is 0.750. The Morgan fingerprint density at radius 3 is 2.31 bits per heavy atom. The van der Waals surface area contributed by atoms with Gasteiger partial charge in [0.15, 0.2) is 5.78 Å². The predicted molar refractivity (Wildman–Crippen MR) is 65.8 cm³/mol. The number of hydrogen-bond donors (Lipinski definition) is 2. The lowest BCUT2D eigenvalue weighted by atomic mass is 10.0. The molecular formula is C13H19NO2. The second-order valence-electron chi connectivity index (χ2n) is 4.23. The van der Waals surface area contributed by atoms with E-state index in [1.54, 1.807) is 19.1 Å². The second-order valence-corrected chi connectivity index (χ2v) is 4.23. The standard InChI is InChI=1S/C13H19NO2/c1-9(8-15)10(2)14-13-6-4-12(5-7-13)11(3)16/h4-7,9-10,14-15H,8H2,1-3H3. The summed E-state index contributed by atoms with van der Waals surface area (Å²) >= 11 is 0. The molecular weight excluding hydrogens is 202 g/mol. The maximum atomic E-state index is 11.1. The lowest BCUT2D eigenvalue weighted by molar-refractivity contribution is 0.101. The van der Waals surface area contributed by atoms with Crippen molar-refractivity contribution < 1.29 is 9.90 Å². The molecule has 0 saturated carbocycles. The van der Waals surface area contributed by atoms with Crippen LogP contribution in [-0.4, -0.2) is 23.5 Å². The highest BCUT2D eigenvalue weighted by atomic mass is 16.3. The highest BCUT2D eigenvalue weighted by Gasteiger charge is 2.10. The van der Waals surface area contributed by atoms with Crippen molar-refractivity contribution in [3.63, 3.8) is 0 Å². The third-order valence-electron chi connectivity index (χ3n) is 2.83. The largest absolute Gasteiger partial charge is 0.396 e. The van der Waals surface area contributed by atoms with Crippen molar-refractivity contribution in [3.8, 4) is 0 Å². The number of rotatable bonds is 5. The Morgan fingerprint density at radius 2 is 1.88 bits per heavy atom. The third kappa shape index (κ3) is 3.35. The van der Waals surface area contributed by atoms with Crippen LogP contribution in [0.3, 0.4) is 0 Å². The summed E-state index contributed by atoms with van der Waals surface area (Å²) in [6, 6.07) is 7.59. The summed E-state index contributed by atoms with van der Waals surface area (Å²) in [6.07, 6.45) is 0. The Balaban J connectivity index is 2.65. The van der Waals surface area contributed by atoms with Gasteiger partial charge in [0.05, 0.1) is 0 Å². The first-order chi connectivity index (χ1) is 7.54. The number of benzene rings is 1. The van der Waals surface area contributed by atoms with Gasteiger partial charge in [-0.05, 0) is 44.0 Å². The van der Waals surface area contributed by atoms with E-state index in [-0.39, 0.29) is 24.3 Å². The molecule has 0 fully saturated rings. The monoisotopic (exact) mass is 221 g/mol. The highest BCUT2D eigenvalue weighted by molar-refractivity contribution is 5.94. The molecule has 0 aliphatic heterocycles. The van der Waals surface area contributed by atoms with Crippen LogP contribution in [0.1, 0.15) is 31.1 Å². The van der Waals surface area contributed by atoms with Gasteiger partial charge in [0.25, 0.3) is 0 Å². The molecule has 0 radical (unpaired) electrons. The first-order valence-corrected chi connectivity index (χ1v) is 5.53. The Hall–Kier alpha value is -1.35. The minimum absolute atomic E-state index is 0.0725. The predicted octanol–water partition coefficient (Wildman–Crippen LogP) is 2.32. The third-order valence-corrected chi connectivity index (χ3v) is 2.83. The molecule has 2 atom stereocenters. The lowest BCUT2D eigenvalue weighted by Gasteiger charge is -2.20. The fraction of sp³-hybridized carbons (Fsp3) is 0.462. The fourth-order valence-corrected chi connectivity index (χ4v) is 1.36. The van der Waals surface area contributed by atoms with Crippen LogP contribution >= 0.6 is 0 Å². The van der Waals surface area contributed by atoms with E-state index < -0.39 is 0 Å². The first-order valence-electron chi connectivity index (χ1n) is 5.53. The van der Waals surface area contributed by atoms with E-state index in [9.17, 15) is 4.79 Å². The van der Waals surface area contributed by atoms with Crippen molar-refractivity contribution in [1.29, 1.82) is 0 Å². The molecule has 1 rings (SSSR count). The number of carbonyl (C=O) groups is 1. The second kappa shape index (κ2) is 5.66. The minimum Gasteiger partial charge on any atom is -0.396 e. The van der Waals surface area contributed by atoms with Gasteiger partial charge in [0.1, 0.15) is 0 Å². The average molecular weight is 221 g/mol. The summed E-state index contributed by atoms with van der Waals surface area (Å²) in [5.41, 5.74) is 1.69. The summed E-state index contributed by atoms with van der Waals surface area (Å²) in [5, 5.41) is 12.3. The van der Waals surface area contributed by atoms with Gasteiger partial charge in [-0.2, -0.15) is 0 Å². The van der Waals surface area contributed by atoms with Crippen LogP contribution in [0, 0.1) is 5.92 Å². The number of nitrogens with one attached hydrogen (secondary N) is 1. The molecule has 0 aliphatic rings. The van der Waals surface area contributed by atoms with Crippen LogP contribution in [0.15, 0.2) is 24.3 Å². The van der Waals surface area contributed by atoms with E-state index in [0.29, 0.717) is 5.56 Å². The van der Waals surface area contributed by atoms with Gasteiger partial charge in [-0.25, -0.2) is 0 Å². The summed E-state index contributed by atoms with van der Waals surface area (Å²) in [4.78, 5) is 11.1. The smallest absolute Gasteiger partial charge is 0.159 e. The first kappa shape index (κ1) is 12.7. The molecule has 0 heterocycles. The molecule has 1 aromatic rings. The number of ketones is 1. The van der Waals surface area contributed by atoms with Gasteiger partial charge in [-0.3, -0.25) is 4.79 Å². The maximum absolute atomic E-state index is 11.1. The zero-order valence-electron chi connectivity index (χ0n) is 10.0. The summed E-state index contributed by atoms with van der Waals surface area (Å²) in [6.45, 7) is 5.74. The molecule has 0 bridgehead atoms. The highest BCUT2D eigenvalue weighted by Crippen LogP contribution is 2.14. The van der Waals surface area contributed by atoms with Crippen LogP contribution < -0.4 is 5.32 Å². The molecule has 16 heavy (non-hydrogen) atoms. The van der Waals surface area contributed by atoms with Crippen LogP contribution in [0.2, 0.25) is 0 Å². The summed E-state index contributed by atoms with van der Waals surface area (Å²) < 4.78 is 0. The van der Waals surface area contributed by atoms with Gasteiger partial charge >= 0.3 is 0 Å². The molecule has 0 aromatic heterocycles. The van der Waals surface area contributed by atoms with Crippen molar-refractivity contribution in [3.05, 3.63) is 29.8 Å². The van der Waals surface area contributed by atoms with Gasteiger partial charge in [-0.1, -0.05) is 6.92 Å². The van der Waals surface area contributed by atoms with E-state index in [0.717, 1.165) is 5.69 Å². The van der Waals surface area contributed by atoms with E-state index in [2.05, 4.69) is 5.32 Å². The van der Waals surface area contributed by atoms with E-state index in [4.69, 9.17) is 5.11 Å². The van der Waals surface area contributed by atoms with Crippen LogP contribution in [-0.2, 0) is 0 Å². The molecule has 0 saturated heterocycles. The number of hydrogen-bond acceptors (Lipinski definition) is 3. The summed E-state index contributed by atoms with van der Waals surface area (Å²) in [5.74, 6) is 0.274. The molecule has 0 aliphatic carbocycles. The molecule has 0 spiro atoms. The molecule has 0 amide bonds. The zero-order valence-corrected chi connectivity index (χ0v) is 10.0. The van der Waals surface area contributed by atoms with Gasteiger partial charge in [-0.15, -0.1) is 0 Å². The molecule has 3 nitrogen and oxygen atoms in total. The zero-order chi connectivity index (χ0) is 12.1. The van der Waals surface area contributed by atoms with Crippen molar-refractivity contribution >= 4 is 11.5 Å². The van der Waals surface area contributed by atoms with Gasteiger partial charge < -0.3 is 10.4 Å². The SMILES string of the molecule is CC(=O)c1ccc(NC(C)C(C)CO)cc1. The lowest BCUT2D eigenvalue weighted by Crippen LogP contribution is -2.26. The number of carbonyl (C=O) groups excluding carboxylic acids is 1. The topological polar surface area (TPSA) is 49.3 Å². The molecule has 1 aromatic carbocycles. The van der Waals surface area contributed by atoms with Crippen LogP contribution in [0.25, 0.3) is 0 Å². The van der Waals surface area contributed by atoms with Crippen molar-refractivity contribution in [1.82, 2.24) is 0 Å². The molecule has 2 N–H and O–H groups in total. The normalized spacial score (nSPS) is 14.2. The van der Waals surface area contributed by atoms with Crippen molar-refractivity contribution in [2.24, 2.45) is 5.92 Å². The van der Waals surface area contributed by atoms with Crippen LogP contribution in [0.5, 0.6) is 0 Å². The maximum Gasteiger partial charge on any atom is 0.159 e. The number of Topliss-reactive ketones (excluding diaryl/α,β-unsaturated/α-hetero) is 1. The van der Waals surface area contributed by atoms with Crippen LogP contribution in [0.4, 0.5) is 5.69 Å². The number of aliphatic hydroxyl groups is 1. The number of anilines is 1. The number of aliphatic hydroxyl groups excluding tert-OH is 1. The molecule has 3 heteroatoms. The van der Waals surface area contributed by atoms with Crippen molar-refractivity contribution in [2.45, 2.75) is 26.8 Å². The molecule has 2 unspecified atom stereocenters. The van der Waals surface area contributed by atoms with Crippen molar-refractivity contribution in [2.75, 3.05) is 11.9 Å². The minimum atomic E-state index is 0.0725. The van der Waals surface area contributed by atoms with E-state index in [1.807, 2.05) is 26.0 Å². The average Bonchev–Trinajstić information content (AvgIpc) is 2.28. The van der Waals surface area contributed by atoms with E-state index >= 15 is 0 Å². The Bertz CT molecular complexity index is 345. The van der Waals surface area contributed by atoms with E-state index in [1.165, 1.54) is 0 Å². The van der Waals surface area contributed by atoms with Gasteiger partial charge in [0.2, 0.25) is 0 Å². The van der Waals surface area contributed by atoms with Gasteiger partial charge in [0, 0.05) is 23.9 Å². The molecule has 88 valence electrons. The Labute approximate surface area is 96.5 Å². The summed E-state index contributed by atoms with van der Waals surface area (Å²) in [7, 11) is 0. The Morgan fingerprint density at radius 1 is 1.31 bits per heavy atom. The Kier molecular flexibility index (Phi) is 4.50.